The maximum Gasteiger partial charge on any atom is 0.233 e. The summed E-state index contributed by atoms with van der Waals surface area (Å²) in [7, 11) is 0. The average molecular weight is 217 g/mol. The summed E-state index contributed by atoms with van der Waals surface area (Å²) < 4.78 is 0. The third kappa shape index (κ3) is 1.92. The number of nitrogens with one attached hydrogen (secondary N) is 1. The van der Waals surface area contributed by atoms with E-state index in [0.29, 0.717) is 18.5 Å². The van der Waals surface area contributed by atoms with Gasteiger partial charge in [0.15, 0.2) is 0 Å². The van der Waals surface area contributed by atoms with Gasteiger partial charge in [0.05, 0.1) is 0 Å². The highest BCUT2D eigenvalue weighted by Gasteiger charge is 2.22. The molecule has 0 saturated carbocycles. The van der Waals surface area contributed by atoms with Crippen LogP contribution in [0.4, 0.5) is 11.4 Å². The van der Waals surface area contributed by atoms with Crippen molar-refractivity contribution in [3.63, 3.8) is 0 Å². The lowest BCUT2D eigenvalue weighted by molar-refractivity contribution is -0.117. The summed E-state index contributed by atoms with van der Waals surface area (Å²) in [5.41, 5.74) is 16.4. The number of nitrogen functional groups attached to an aromatic ring is 1. The van der Waals surface area contributed by atoms with Crippen molar-refractivity contribution in [2.24, 2.45) is 5.11 Å². The quantitative estimate of drug-likeness (QED) is 0.324. The highest BCUT2D eigenvalue weighted by molar-refractivity contribution is 5.96. The number of carbonyl (C=O) groups is 1. The minimum Gasteiger partial charge on any atom is -0.399 e. The first-order valence-corrected chi connectivity index (χ1v) is 4.94. The molecular weight excluding hydrogens is 206 g/mol. The Morgan fingerprint density at radius 1 is 1.56 bits per heavy atom. The molecule has 0 radical (unpaired) electrons. The number of benzene rings is 1. The molecule has 1 aliphatic rings. The fourth-order valence-electron chi connectivity index (χ4n) is 1.75. The van der Waals surface area contributed by atoms with Gasteiger partial charge in [-0.15, -0.1) is 0 Å². The van der Waals surface area contributed by atoms with Crippen molar-refractivity contribution in [2.45, 2.75) is 18.9 Å². The molecule has 82 valence electrons. The van der Waals surface area contributed by atoms with Crippen LogP contribution in [0, 0.1) is 0 Å². The van der Waals surface area contributed by atoms with E-state index in [0.717, 1.165) is 11.3 Å². The van der Waals surface area contributed by atoms with Crippen LogP contribution in [-0.2, 0) is 11.2 Å². The van der Waals surface area contributed by atoms with E-state index in [1.54, 1.807) is 12.1 Å². The Kier molecular flexibility index (Phi) is 2.66. The summed E-state index contributed by atoms with van der Waals surface area (Å²) in [6.07, 6.45) is 1.18. The highest BCUT2D eigenvalue weighted by Crippen LogP contribution is 2.25. The number of fused-ring (bicyclic) bond motifs is 1. The molecule has 6 nitrogen and oxygen atoms in total. The van der Waals surface area contributed by atoms with E-state index >= 15 is 0 Å². The van der Waals surface area contributed by atoms with Crippen LogP contribution >= 0.6 is 0 Å². The van der Waals surface area contributed by atoms with Crippen LogP contribution in [0.25, 0.3) is 10.4 Å². The number of azide groups is 1. The molecule has 1 aromatic carbocycles. The zero-order valence-corrected chi connectivity index (χ0v) is 8.55. The van der Waals surface area contributed by atoms with Gasteiger partial charge >= 0.3 is 0 Å². The second kappa shape index (κ2) is 4.12. The third-order valence-electron chi connectivity index (χ3n) is 2.57. The molecular formula is C10H11N5O. The van der Waals surface area contributed by atoms with Crippen LogP contribution in [-0.4, -0.2) is 11.9 Å². The Morgan fingerprint density at radius 2 is 2.38 bits per heavy atom. The van der Waals surface area contributed by atoms with E-state index in [-0.39, 0.29) is 5.91 Å². The van der Waals surface area contributed by atoms with Crippen molar-refractivity contribution in [3.8, 4) is 0 Å². The number of carbonyl (C=O) groups excluding carboxylic acids is 1. The van der Waals surface area contributed by atoms with E-state index in [2.05, 4.69) is 15.3 Å². The predicted molar refractivity (Wildman–Crippen MR) is 60.7 cm³/mol. The van der Waals surface area contributed by atoms with Gasteiger partial charge in [0, 0.05) is 16.3 Å². The average Bonchev–Trinajstić information content (AvgIpc) is 2.40. The SMILES string of the molecule is [N-]=[N+]=NC1CCc2cc(N)ccc2NC1=O. The van der Waals surface area contributed by atoms with Gasteiger partial charge in [-0.2, -0.15) is 0 Å². The molecule has 0 bridgehead atoms. The minimum atomic E-state index is -0.640. The Morgan fingerprint density at radius 3 is 3.12 bits per heavy atom. The van der Waals surface area contributed by atoms with Crippen LogP contribution in [0.1, 0.15) is 12.0 Å². The first-order chi connectivity index (χ1) is 7.70. The first kappa shape index (κ1) is 10.3. The molecule has 1 unspecified atom stereocenters. The lowest BCUT2D eigenvalue weighted by Crippen LogP contribution is -2.24. The van der Waals surface area contributed by atoms with Crippen molar-refractivity contribution < 1.29 is 4.79 Å². The second-order valence-corrected chi connectivity index (χ2v) is 3.67. The van der Waals surface area contributed by atoms with Gasteiger partial charge in [-0.1, -0.05) is 5.11 Å². The number of amides is 1. The van der Waals surface area contributed by atoms with Crippen LogP contribution in [0.5, 0.6) is 0 Å². The summed E-state index contributed by atoms with van der Waals surface area (Å²) >= 11 is 0. The van der Waals surface area contributed by atoms with Gasteiger partial charge in [-0.25, -0.2) is 0 Å². The van der Waals surface area contributed by atoms with Crippen LogP contribution in [0.3, 0.4) is 0 Å². The molecule has 0 saturated heterocycles. The molecule has 1 heterocycles. The Labute approximate surface area is 92.1 Å². The fourth-order valence-corrected chi connectivity index (χ4v) is 1.75. The van der Waals surface area contributed by atoms with E-state index < -0.39 is 6.04 Å². The number of hydrogen-bond acceptors (Lipinski definition) is 3. The number of nitrogens with zero attached hydrogens (tertiary/aromatic N) is 3. The number of hydrogen-bond donors (Lipinski definition) is 2. The summed E-state index contributed by atoms with van der Waals surface area (Å²) in [4.78, 5) is 14.3. The molecule has 16 heavy (non-hydrogen) atoms. The summed E-state index contributed by atoms with van der Waals surface area (Å²) in [5, 5.41) is 6.19. The number of nitrogens with two attached hydrogens (primary N) is 1. The van der Waals surface area contributed by atoms with Crippen molar-refractivity contribution >= 4 is 17.3 Å². The molecule has 1 amide bonds. The molecule has 0 spiro atoms. The standard InChI is InChI=1S/C10H11N5O/c11-7-2-4-8-6(5-7)1-3-9(14-15-12)10(16)13-8/h2,4-5,9H,1,3,11H2,(H,13,16). The van der Waals surface area contributed by atoms with Gasteiger partial charge in [0.1, 0.15) is 6.04 Å². The number of anilines is 2. The number of rotatable bonds is 1. The third-order valence-corrected chi connectivity index (χ3v) is 2.57. The molecule has 6 heteroatoms. The van der Waals surface area contributed by atoms with Crippen LogP contribution in [0.2, 0.25) is 0 Å². The molecule has 1 aliphatic heterocycles. The Balaban J connectivity index is 2.32. The van der Waals surface area contributed by atoms with Gasteiger partial charge in [0.2, 0.25) is 5.91 Å². The second-order valence-electron chi connectivity index (χ2n) is 3.67. The van der Waals surface area contributed by atoms with Crippen LogP contribution in [0.15, 0.2) is 23.3 Å². The van der Waals surface area contributed by atoms with E-state index in [4.69, 9.17) is 11.3 Å². The van der Waals surface area contributed by atoms with E-state index in [1.807, 2.05) is 6.07 Å². The lowest BCUT2D eigenvalue weighted by Gasteiger charge is -2.07. The molecule has 0 fully saturated rings. The molecule has 0 aliphatic carbocycles. The monoisotopic (exact) mass is 217 g/mol. The summed E-state index contributed by atoms with van der Waals surface area (Å²) in [6.45, 7) is 0. The van der Waals surface area contributed by atoms with Crippen LogP contribution < -0.4 is 11.1 Å². The molecule has 2 rings (SSSR count). The first-order valence-electron chi connectivity index (χ1n) is 4.94. The molecule has 3 N–H and O–H groups in total. The Hall–Kier alpha value is -2.20. The van der Waals surface area contributed by atoms with E-state index in [1.165, 1.54) is 0 Å². The zero-order valence-electron chi connectivity index (χ0n) is 8.55. The predicted octanol–water partition coefficient (Wildman–Crippen LogP) is 1.83. The van der Waals surface area contributed by atoms with Crippen molar-refractivity contribution in [3.05, 3.63) is 34.2 Å². The zero-order chi connectivity index (χ0) is 11.5. The minimum absolute atomic E-state index is 0.263. The van der Waals surface area contributed by atoms with Gasteiger partial charge in [-0.3, -0.25) is 4.79 Å². The van der Waals surface area contributed by atoms with Crippen molar-refractivity contribution in [1.29, 1.82) is 0 Å². The fraction of sp³-hybridized carbons (Fsp3) is 0.300. The van der Waals surface area contributed by atoms with Crippen molar-refractivity contribution in [2.75, 3.05) is 11.1 Å². The topological polar surface area (TPSA) is 104 Å². The summed E-state index contributed by atoms with van der Waals surface area (Å²) in [6, 6.07) is 4.68. The molecule has 1 atom stereocenters. The lowest BCUT2D eigenvalue weighted by atomic mass is 10.1. The van der Waals surface area contributed by atoms with Crippen molar-refractivity contribution in [1.82, 2.24) is 0 Å². The summed E-state index contributed by atoms with van der Waals surface area (Å²) in [5.74, 6) is -0.263. The Bertz CT molecular complexity index is 478. The maximum atomic E-state index is 11.6. The highest BCUT2D eigenvalue weighted by atomic mass is 16.2. The van der Waals surface area contributed by atoms with E-state index in [9.17, 15) is 4.79 Å². The molecule has 1 aromatic rings. The normalized spacial score (nSPS) is 19.0. The van der Waals surface area contributed by atoms with Gasteiger partial charge in [-0.05, 0) is 42.1 Å². The number of aryl methyl sites for hydroxylation is 1. The smallest absolute Gasteiger partial charge is 0.233 e. The molecule has 0 aromatic heterocycles. The maximum absolute atomic E-state index is 11.6. The van der Waals surface area contributed by atoms with Gasteiger partial charge < -0.3 is 11.1 Å². The van der Waals surface area contributed by atoms with Gasteiger partial charge in [0.25, 0.3) is 0 Å². The largest absolute Gasteiger partial charge is 0.399 e.